The zero-order valence-electron chi connectivity index (χ0n) is 16.3. The molecule has 0 aliphatic carbocycles. The monoisotopic (exact) mass is 417 g/mol. The van der Waals surface area contributed by atoms with Crippen molar-refractivity contribution in [3.8, 4) is 21.8 Å². The molecule has 0 atom stereocenters. The molecule has 4 rings (SSSR count). The van der Waals surface area contributed by atoms with Crippen molar-refractivity contribution >= 4 is 17.2 Å². The van der Waals surface area contributed by atoms with E-state index in [1.165, 1.54) is 22.1 Å². The number of rotatable bonds is 6. The number of benzene rings is 1. The summed E-state index contributed by atoms with van der Waals surface area (Å²) in [4.78, 5) is 33.9. The molecule has 0 bridgehead atoms. The quantitative estimate of drug-likeness (QED) is 0.520. The van der Waals surface area contributed by atoms with Gasteiger partial charge in [0.1, 0.15) is 9.88 Å². The molecule has 0 saturated carbocycles. The number of amides is 1. The molecule has 30 heavy (non-hydrogen) atoms. The number of carbonyl (C=O) groups excluding carboxylic acids is 1. The van der Waals surface area contributed by atoms with Crippen LogP contribution in [0.15, 0.2) is 71.8 Å². The van der Waals surface area contributed by atoms with Crippen molar-refractivity contribution in [2.75, 3.05) is 6.54 Å². The molecule has 0 spiro atoms. The highest BCUT2D eigenvalue weighted by molar-refractivity contribution is 7.17. The summed E-state index contributed by atoms with van der Waals surface area (Å²) in [6, 6.07) is 16.6. The first-order valence-electron chi connectivity index (χ1n) is 9.41. The second-order valence-corrected chi connectivity index (χ2v) is 7.58. The van der Waals surface area contributed by atoms with Gasteiger partial charge < -0.3 is 5.32 Å². The van der Waals surface area contributed by atoms with Crippen molar-refractivity contribution in [2.24, 2.45) is 0 Å². The number of hydrogen-bond donors (Lipinski definition) is 1. The van der Waals surface area contributed by atoms with Crippen LogP contribution in [-0.2, 0) is 6.54 Å². The summed E-state index contributed by atoms with van der Waals surface area (Å²) < 4.78 is 1.34. The summed E-state index contributed by atoms with van der Waals surface area (Å²) in [7, 11) is 0. The first-order chi connectivity index (χ1) is 14.6. The first-order valence-corrected chi connectivity index (χ1v) is 10.2. The molecule has 4 aromatic rings. The van der Waals surface area contributed by atoms with Crippen molar-refractivity contribution in [2.45, 2.75) is 13.5 Å². The summed E-state index contributed by atoms with van der Waals surface area (Å²) in [5.41, 5.74) is 2.92. The van der Waals surface area contributed by atoms with E-state index < -0.39 is 0 Å². The molecule has 0 unspecified atom stereocenters. The van der Waals surface area contributed by atoms with Crippen molar-refractivity contribution in [3.05, 3.63) is 87.9 Å². The molecule has 3 heterocycles. The van der Waals surface area contributed by atoms with Crippen molar-refractivity contribution < 1.29 is 4.79 Å². The summed E-state index contributed by atoms with van der Waals surface area (Å²) in [6.45, 7) is 2.36. The molecule has 1 aromatic carbocycles. The number of aryl methyl sites for hydroxylation is 1. The standard InChI is InChI=1S/C22H19N5O2S/c1-15-20(30-22(25-15)16-6-3-2-4-7-16)21(29)24-12-13-27-19(28)10-9-18(26-27)17-8-5-11-23-14-17/h2-11,14H,12-13H2,1H3,(H,24,29). The van der Waals surface area contributed by atoms with Crippen LogP contribution in [-0.4, -0.2) is 32.2 Å². The fraction of sp³-hybridized carbons (Fsp3) is 0.136. The lowest BCUT2D eigenvalue weighted by Crippen LogP contribution is -2.31. The zero-order valence-corrected chi connectivity index (χ0v) is 17.1. The predicted octanol–water partition coefficient (Wildman–Crippen LogP) is 3.17. The molecule has 1 amide bonds. The third kappa shape index (κ3) is 4.33. The van der Waals surface area contributed by atoms with E-state index in [1.807, 2.05) is 49.4 Å². The number of hydrogen-bond acceptors (Lipinski definition) is 6. The van der Waals surface area contributed by atoms with E-state index in [4.69, 9.17) is 0 Å². The number of aromatic nitrogens is 4. The Morgan fingerprint density at radius 3 is 2.63 bits per heavy atom. The molecule has 0 radical (unpaired) electrons. The Bertz CT molecular complexity index is 1220. The van der Waals surface area contributed by atoms with Gasteiger partial charge in [-0.25, -0.2) is 9.67 Å². The number of pyridine rings is 1. The molecule has 0 aliphatic rings. The minimum absolute atomic E-state index is 0.205. The van der Waals surface area contributed by atoms with Gasteiger partial charge in [0.2, 0.25) is 0 Å². The van der Waals surface area contributed by atoms with E-state index in [0.29, 0.717) is 16.3 Å². The van der Waals surface area contributed by atoms with E-state index in [1.54, 1.807) is 18.5 Å². The summed E-state index contributed by atoms with van der Waals surface area (Å²) in [6.07, 6.45) is 3.37. The van der Waals surface area contributed by atoms with E-state index in [2.05, 4.69) is 20.4 Å². The Labute approximate surface area is 177 Å². The van der Waals surface area contributed by atoms with Gasteiger partial charge in [-0.15, -0.1) is 11.3 Å². The van der Waals surface area contributed by atoms with Gasteiger partial charge in [0.25, 0.3) is 11.5 Å². The largest absolute Gasteiger partial charge is 0.349 e. The topological polar surface area (TPSA) is 89.8 Å². The average molecular weight is 417 g/mol. The van der Waals surface area contributed by atoms with E-state index in [9.17, 15) is 9.59 Å². The maximum Gasteiger partial charge on any atom is 0.266 e. The number of carbonyl (C=O) groups is 1. The van der Waals surface area contributed by atoms with Crippen LogP contribution in [0, 0.1) is 6.92 Å². The Morgan fingerprint density at radius 1 is 1.07 bits per heavy atom. The van der Waals surface area contributed by atoms with E-state index in [-0.39, 0.29) is 24.6 Å². The van der Waals surface area contributed by atoms with Crippen LogP contribution in [0.4, 0.5) is 0 Å². The SMILES string of the molecule is Cc1nc(-c2ccccc2)sc1C(=O)NCCn1nc(-c2cccnc2)ccc1=O. The molecular weight excluding hydrogens is 398 g/mol. The minimum Gasteiger partial charge on any atom is -0.349 e. The highest BCUT2D eigenvalue weighted by atomic mass is 32.1. The minimum atomic E-state index is -0.225. The maximum absolute atomic E-state index is 12.6. The van der Waals surface area contributed by atoms with E-state index >= 15 is 0 Å². The van der Waals surface area contributed by atoms with Crippen LogP contribution in [0.3, 0.4) is 0 Å². The number of thiazole rings is 1. The van der Waals surface area contributed by atoms with Crippen LogP contribution in [0.2, 0.25) is 0 Å². The molecule has 1 N–H and O–H groups in total. The fourth-order valence-electron chi connectivity index (χ4n) is 2.94. The highest BCUT2D eigenvalue weighted by Crippen LogP contribution is 2.27. The molecule has 0 saturated heterocycles. The molecular formula is C22H19N5O2S. The summed E-state index contributed by atoms with van der Waals surface area (Å²) >= 11 is 1.36. The van der Waals surface area contributed by atoms with Gasteiger partial charge in [0.05, 0.1) is 17.9 Å². The number of nitrogens with zero attached hydrogens (tertiary/aromatic N) is 4. The smallest absolute Gasteiger partial charge is 0.266 e. The molecule has 0 fully saturated rings. The third-order valence-electron chi connectivity index (χ3n) is 4.46. The lowest BCUT2D eigenvalue weighted by Gasteiger charge is -2.08. The van der Waals surface area contributed by atoms with Gasteiger partial charge in [-0.2, -0.15) is 5.10 Å². The van der Waals surface area contributed by atoms with Gasteiger partial charge in [0, 0.05) is 36.1 Å². The summed E-state index contributed by atoms with van der Waals surface area (Å²) in [5.74, 6) is -0.205. The van der Waals surface area contributed by atoms with Gasteiger partial charge in [0.15, 0.2) is 0 Å². The lowest BCUT2D eigenvalue weighted by atomic mass is 10.2. The molecule has 7 nitrogen and oxygen atoms in total. The molecule has 8 heteroatoms. The lowest BCUT2D eigenvalue weighted by molar-refractivity contribution is 0.0955. The third-order valence-corrected chi connectivity index (χ3v) is 5.66. The second-order valence-electron chi connectivity index (χ2n) is 6.58. The Morgan fingerprint density at radius 2 is 1.87 bits per heavy atom. The van der Waals surface area contributed by atoms with E-state index in [0.717, 1.165) is 16.1 Å². The second kappa shape index (κ2) is 8.79. The average Bonchev–Trinajstić information content (AvgIpc) is 3.18. The normalized spacial score (nSPS) is 10.7. The van der Waals surface area contributed by atoms with Gasteiger partial charge >= 0.3 is 0 Å². The summed E-state index contributed by atoms with van der Waals surface area (Å²) in [5, 5.41) is 8.04. The Kier molecular flexibility index (Phi) is 5.76. The van der Waals surface area contributed by atoms with Gasteiger partial charge in [-0.3, -0.25) is 14.6 Å². The number of nitrogens with one attached hydrogen (secondary N) is 1. The van der Waals surface area contributed by atoms with Crippen LogP contribution in [0.25, 0.3) is 21.8 Å². The first kappa shape index (κ1) is 19.7. The van der Waals surface area contributed by atoms with Crippen LogP contribution in [0.1, 0.15) is 15.4 Å². The van der Waals surface area contributed by atoms with Gasteiger partial charge in [-0.1, -0.05) is 30.3 Å². The van der Waals surface area contributed by atoms with Gasteiger partial charge in [-0.05, 0) is 25.1 Å². The fourth-order valence-corrected chi connectivity index (χ4v) is 3.93. The molecule has 3 aromatic heterocycles. The Balaban J connectivity index is 1.43. The molecule has 0 aliphatic heterocycles. The van der Waals surface area contributed by atoms with Crippen molar-refractivity contribution in [3.63, 3.8) is 0 Å². The van der Waals surface area contributed by atoms with Crippen molar-refractivity contribution in [1.29, 1.82) is 0 Å². The Hall–Kier alpha value is -3.65. The molecule has 150 valence electrons. The predicted molar refractivity (Wildman–Crippen MR) is 116 cm³/mol. The van der Waals surface area contributed by atoms with Crippen molar-refractivity contribution in [1.82, 2.24) is 25.1 Å². The van der Waals surface area contributed by atoms with Crippen LogP contribution in [0.5, 0.6) is 0 Å². The van der Waals surface area contributed by atoms with Crippen LogP contribution >= 0.6 is 11.3 Å². The maximum atomic E-state index is 12.6. The zero-order chi connectivity index (χ0) is 20.9. The highest BCUT2D eigenvalue weighted by Gasteiger charge is 2.16. The van der Waals surface area contributed by atoms with Crippen LogP contribution < -0.4 is 10.9 Å².